The van der Waals surface area contributed by atoms with Gasteiger partial charge in [-0.05, 0) is 19.1 Å². The van der Waals surface area contributed by atoms with Gasteiger partial charge in [0.2, 0.25) is 5.88 Å². The quantitative estimate of drug-likeness (QED) is 0.847. The van der Waals surface area contributed by atoms with Gasteiger partial charge in [-0.15, -0.1) is 0 Å². The summed E-state index contributed by atoms with van der Waals surface area (Å²) in [4.78, 5) is 26.5. The van der Waals surface area contributed by atoms with Gasteiger partial charge < -0.3 is 9.63 Å². The van der Waals surface area contributed by atoms with Gasteiger partial charge in [-0.3, -0.25) is 15.1 Å². The van der Waals surface area contributed by atoms with E-state index in [2.05, 4.69) is 15.5 Å². The third-order valence-corrected chi connectivity index (χ3v) is 2.12. The number of anilines is 1. The van der Waals surface area contributed by atoms with E-state index in [9.17, 15) is 9.59 Å². The minimum Gasteiger partial charge on any atom is -0.478 e. The minimum absolute atomic E-state index is 0.138. The van der Waals surface area contributed by atoms with Crippen molar-refractivity contribution >= 4 is 17.8 Å². The Kier molecular flexibility index (Phi) is 3.05. The highest BCUT2D eigenvalue weighted by molar-refractivity contribution is 6.08. The molecule has 0 saturated heterocycles. The fourth-order valence-electron chi connectivity index (χ4n) is 1.35. The second-order valence-electron chi connectivity index (χ2n) is 3.49. The van der Waals surface area contributed by atoms with E-state index in [0.29, 0.717) is 5.69 Å². The second kappa shape index (κ2) is 4.66. The predicted octanol–water partition coefficient (Wildman–Crippen LogP) is 1.33. The summed E-state index contributed by atoms with van der Waals surface area (Å²) in [7, 11) is 0. The SMILES string of the molecule is Cc1cc(NC(=O)c2ncccc2C(=O)O)on1. The van der Waals surface area contributed by atoms with Crippen molar-refractivity contribution in [3.8, 4) is 0 Å². The molecule has 2 aromatic rings. The van der Waals surface area contributed by atoms with Crippen LogP contribution in [0, 0.1) is 6.92 Å². The molecule has 2 aromatic heterocycles. The van der Waals surface area contributed by atoms with Crippen molar-refractivity contribution in [1.82, 2.24) is 10.1 Å². The highest BCUT2D eigenvalue weighted by Gasteiger charge is 2.18. The predicted molar refractivity (Wildman–Crippen MR) is 60.4 cm³/mol. The van der Waals surface area contributed by atoms with E-state index in [1.165, 1.54) is 24.4 Å². The fraction of sp³-hybridized carbons (Fsp3) is 0.0909. The van der Waals surface area contributed by atoms with Crippen LogP contribution < -0.4 is 5.32 Å². The lowest BCUT2D eigenvalue weighted by Crippen LogP contribution is -2.17. The average molecular weight is 247 g/mol. The molecule has 0 aliphatic heterocycles. The largest absolute Gasteiger partial charge is 0.478 e. The number of rotatable bonds is 3. The van der Waals surface area contributed by atoms with E-state index < -0.39 is 11.9 Å². The maximum atomic E-state index is 11.8. The lowest BCUT2D eigenvalue weighted by atomic mass is 10.2. The molecule has 18 heavy (non-hydrogen) atoms. The first-order chi connectivity index (χ1) is 8.58. The number of carboxylic acids is 1. The van der Waals surface area contributed by atoms with Crippen LogP contribution in [0.4, 0.5) is 5.88 Å². The molecule has 2 rings (SSSR count). The van der Waals surface area contributed by atoms with Crippen molar-refractivity contribution in [2.24, 2.45) is 0 Å². The zero-order chi connectivity index (χ0) is 13.1. The Morgan fingerprint density at radius 3 is 2.83 bits per heavy atom. The highest BCUT2D eigenvalue weighted by Crippen LogP contribution is 2.12. The van der Waals surface area contributed by atoms with Gasteiger partial charge in [-0.25, -0.2) is 4.79 Å². The van der Waals surface area contributed by atoms with E-state index in [4.69, 9.17) is 9.63 Å². The number of carboxylic acid groups (broad SMARTS) is 1. The molecule has 7 heteroatoms. The topological polar surface area (TPSA) is 105 Å². The fourth-order valence-corrected chi connectivity index (χ4v) is 1.35. The van der Waals surface area contributed by atoms with Crippen LogP contribution in [0.25, 0.3) is 0 Å². The molecule has 2 N–H and O–H groups in total. The zero-order valence-electron chi connectivity index (χ0n) is 9.38. The lowest BCUT2D eigenvalue weighted by molar-refractivity contribution is 0.0691. The first-order valence-electron chi connectivity index (χ1n) is 5.01. The summed E-state index contributed by atoms with van der Waals surface area (Å²) in [5.41, 5.74) is 0.245. The normalized spacial score (nSPS) is 10.1. The number of nitrogens with one attached hydrogen (secondary N) is 1. The molecule has 0 bridgehead atoms. The number of aromatic nitrogens is 2. The van der Waals surface area contributed by atoms with Crippen LogP contribution in [-0.4, -0.2) is 27.1 Å². The van der Waals surface area contributed by atoms with Crippen LogP contribution in [0.1, 0.15) is 26.5 Å². The summed E-state index contributed by atoms with van der Waals surface area (Å²) < 4.78 is 4.80. The number of pyridine rings is 1. The van der Waals surface area contributed by atoms with E-state index in [-0.39, 0.29) is 17.1 Å². The number of aromatic carboxylic acids is 1. The maximum absolute atomic E-state index is 11.8. The maximum Gasteiger partial charge on any atom is 0.338 e. The Morgan fingerprint density at radius 1 is 1.44 bits per heavy atom. The molecular weight excluding hydrogens is 238 g/mol. The van der Waals surface area contributed by atoms with Gasteiger partial charge >= 0.3 is 5.97 Å². The highest BCUT2D eigenvalue weighted by atomic mass is 16.5. The van der Waals surface area contributed by atoms with E-state index in [0.717, 1.165) is 0 Å². The summed E-state index contributed by atoms with van der Waals surface area (Å²) in [5, 5.41) is 14.9. The first kappa shape index (κ1) is 11.8. The lowest BCUT2D eigenvalue weighted by Gasteiger charge is -2.03. The van der Waals surface area contributed by atoms with Crippen LogP contribution in [0.15, 0.2) is 28.9 Å². The van der Waals surface area contributed by atoms with Crippen LogP contribution in [0.5, 0.6) is 0 Å². The van der Waals surface area contributed by atoms with E-state index >= 15 is 0 Å². The van der Waals surface area contributed by atoms with Gasteiger partial charge in [0, 0.05) is 12.3 Å². The Balaban J connectivity index is 2.26. The number of nitrogens with zero attached hydrogens (tertiary/aromatic N) is 2. The van der Waals surface area contributed by atoms with Crippen molar-refractivity contribution < 1.29 is 19.2 Å². The van der Waals surface area contributed by atoms with Crippen molar-refractivity contribution in [3.05, 3.63) is 41.3 Å². The zero-order valence-corrected chi connectivity index (χ0v) is 9.38. The average Bonchev–Trinajstić information content (AvgIpc) is 2.74. The van der Waals surface area contributed by atoms with E-state index in [1.54, 1.807) is 6.92 Å². The van der Waals surface area contributed by atoms with E-state index in [1.807, 2.05) is 0 Å². The number of amides is 1. The Hall–Kier alpha value is -2.70. The molecule has 1 amide bonds. The van der Waals surface area contributed by atoms with Crippen molar-refractivity contribution in [2.45, 2.75) is 6.92 Å². The summed E-state index contributed by atoms with van der Waals surface area (Å²) >= 11 is 0. The monoisotopic (exact) mass is 247 g/mol. The van der Waals surface area contributed by atoms with Gasteiger partial charge in [0.15, 0.2) is 0 Å². The molecule has 0 fully saturated rings. The number of aryl methyl sites for hydroxylation is 1. The Bertz CT molecular complexity index is 606. The molecule has 0 spiro atoms. The summed E-state index contributed by atoms with van der Waals surface area (Å²) in [6.07, 6.45) is 1.34. The molecular formula is C11H9N3O4. The van der Waals surface area contributed by atoms with Crippen LogP contribution >= 0.6 is 0 Å². The molecule has 0 radical (unpaired) electrons. The third-order valence-electron chi connectivity index (χ3n) is 2.12. The molecule has 2 heterocycles. The summed E-state index contributed by atoms with van der Waals surface area (Å²) in [5.74, 6) is -1.74. The summed E-state index contributed by atoms with van der Waals surface area (Å²) in [6.45, 7) is 1.70. The molecule has 0 aliphatic carbocycles. The van der Waals surface area contributed by atoms with Gasteiger partial charge in [-0.2, -0.15) is 0 Å². The molecule has 0 unspecified atom stereocenters. The van der Waals surface area contributed by atoms with Gasteiger partial charge in [0.25, 0.3) is 5.91 Å². The molecule has 0 saturated carbocycles. The Labute approximate surface area is 101 Å². The summed E-state index contributed by atoms with van der Waals surface area (Å²) in [6, 6.07) is 4.26. The van der Waals surface area contributed by atoms with Crippen molar-refractivity contribution in [2.75, 3.05) is 5.32 Å². The third kappa shape index (κ3) is 2.34. The number of carbonyl (C=O) groups excluding carboxylic acids is 1. The minimum atomic E-state index is -1.22. The second-order valence-corrected chi connectivity index (χ2v) is 3.49. The van der Waals surface area contributed by atoms with Crippen LogP contribution in [0.2, 0.25) is 0 Å². The van der Waals surface area contributed by atoms with Crippen LogP contribution in [0.3, 0.4) is 0 Å². The molecule has 0 aromatic carbocycles. The van der Waals surface area contributed by atoms with Gasteiger partial charge in [0.05, 0.1) is 11.3 Å². The molecule has 92 valence electrons. The Morgan fingerprint density at radius 2 is 2.22 bits per heavy atom. The number of carbonyl (C=O) groups is 2. The number of hydrogen-bond acceptors (Lipinski definition) is 5. The first-order valence-corrected chi connectivity index (χ1v) is 5.01. The molecule has 0 aliphatic rings. The molecule has 0 atom stereocenters. The van der Waals surface area contributed by atoms with Crippen LogP contribution in [-0.2, 0) is 0 Å². The standard InChI is InChI=1S/C11H9N3O4/c1-6-5-8(18-14-6)13-10(15)9-7(11(16)17)3-2-4-12-9/h2-5H,1H3,(H,13,15)(H,16,17). The van der Waals surface area contributed by atoms with Gasteiger partial charge in [0.1, 0.15) is 5.69 Å². The van der Waals surface area contributed by atoms with Crippen molar-refractivity contribution in [3.63, 3.8) is 0 Å². The smallest absolute Gasteiger partial charge is 0.338 e. The van der Waals surface area contributed by atoms with Gasteiger partial charge in [-0.1, -0.05) is 5.16 Å². The number of hydrogen-bond donors (Lipinski definition) is 2. The van der Waals surface area contributed by atoms with Crippen molar-refractivity contribution in [1.29, 1.82) is 0 Å². The molecule has 7 nitrogen and oxygen atoms in total.